The van der Waals surface area contributed by atoms with E-state index in [-0.39, 0.29) is 12.5 Å². The standard InChI is InChI=1S/C62H117N2O6P/c1-6-8-10-12-14-16-18-20-22-24-26-27-28-29-30-31-32-33-34-35-36-37-38-40-42-44-46-48-50-52-54-56-62(66)63-60(59-70-71(67,68)69-58-57-64(3,4)5)61(65)55-53-51-49-47-45-43-41-39-25-23-21-19-17-15-13-11-9-7-2/h18,20,24,26,28-29,45,47,53,55,60-61,65H,6-17,19,21-23,25,27,30-44,46,48-52,54,56-59H2,1-5H3,(H-,63,66,67,68)/b20-18-,26-24-,29-28-,47-45+,55-53+. The molecule has 0 saturated carbocycles. The molecule has 0 aromatic carbocycles. The van der Waals surface area contributed by atoms with Crippen molar-refractivity contribution in [2.24, 2.45) is 0 Å². The first kappa shape index (κ1) is 69.2. The van der Waals surface area contributed by atoms with Crippen LogP contribution in [0.4, 0.5) is 0 Å². The summed E-state index contributed by atoms with van der Waals surface area (Å²) in [4.78, 5) is 25.5. The van der Waals surface area contributed by atoms with Gasteiger partial charge in [-0.25, -0.2) is 0 Å². The largest absolute Gasteiger partial charge is 0.756 e. The van der Waals surface area contributed by atoms with Gasteiger partial charge in [0.1, 0.15) is 13.2 Å². The molecule has 9 heteroatoms. The van der Waals surface area contributed by atoms with Gasteiger partial charge in [0, 0.05) is 6.42 Å². The second kappa shape index (κ2) is 53.0. The number of hydrogen-bond donors (Lipinski definition) is 2. The number of nitrogens with zero attached hydrogens (tertiary/aromatic N) is 1. The zero-order valence-corrected chi connectivity index (χ0v) is 48.3. The van der Waals surface area contributed by atoms with Crippen molar-refractivity contribution in [3.63, 3.8) is 0 Å². The molecule has 416 valence electrons. The third-order valence-electron chi connectivity index (χ3n) is 13.4. The van der Waals surface area contributed by atoms with Crippen molar-refractivity contribution in [1.29, 1.82) is 0 Å². The Hall–Kier alpha value is -1.80. The topological polar surface area (TPSA) is 108 Å². The van der Waals surface area contributed by atoms with E-state index in [2.05, 4.69) is 67.8 Å². The number of allylic oxidation sites excluding steroid dienone is 9. The molecule has 0 aromatic heterocycles. The summed E-state index contributed by atoms with van der Waals surface area (Å²) in [6, 6.07) is -0.905. The van der Waals surface area contributed by atoms with Crippen molar-refractivity contribution in [3.8, 4) is 0 Å². The lowest BCUT2D eigenvalue weighted by Gasteiger charge is -2.29. The molecule has 8 nitrogen and oxygen atoms in total. The van der Waals surface area contributed by atoms with E-state index in [0.29, 0.717) is 17.4 Å². The maximum Gasteiger partial charge on any atom is 0.268 e. The predicted molar refractivity (Wildman–Crippen MR) is 307 cm³/mol. The normalized spacial score (nSPS) is 14.3. The summed E-state index contributed by atoms with van der Waals surface area (Å²) in [6.07, 6.45) is 71.6. The van der Waals surface area contributed by atoms with Gasteiger partial charge in [-0.3, -0.25) is 9.36 Å². The Morgan fingerprint density at radius 1 is 0.493 bits per heavy atom. The molecule has 0 aromatic rings. The van der Waals surface area contributed by atoms with Crippen LogP contribution in [-0.2, 0) is 18.4 Å². The molecule has 0 aliphatic rings. The Morgan fingerprint density at radius 2 is 0.831 bits per heavy atom. The van der Waals surface area contributed by atoms with Crippen LogP contribution >= 0.6 is 7.82 Å². The zero-order chi connectivity index (χ0) is 52.0. The van der Waals surface area contributed by atoms with Gasteiger partial charge >= 0.3 is 0 Å². The molecule has 0 fully saturated rings. The highest BCUT2D eigenvalue weighted by atomic mass is 31.2. The SMILES string of the molecule is CCCCCCC/C=C\C/C=C\C/C=C\CCCCCCCCCCCCCCCCCCC(=O)NC(COP(=O)([O-])OCC[N+](C)(C)C)C(O)/C=C/CC/C=C/CCCCCCCCCCCCCC. The van der Waals surface area contributed by atoms with Gasteiger partial charge in [-0.15, -0.1) is 0 Å². The summed E-state index contributed by atoms with van der Waals surface area (Å²) < 4.78 is 23.3. The van der Waals surface area contributed by atoms with Crippen LogP contribution in [-0.4, -0.2) is 68.5 Å². The minimum atomic E-state index is -4.61. The second-order valence-electron chi connectivity index (χ2n) is 21.7. The first-order chi connectivity index (χ1) is 34.5. The Balaban J connectivity index is 4.14. The minimum absolute atomic E-state index is 0.00698. The van der Waals surface area contributed by atoms with Gasteiger partial charge in [-0.2, -0.15) is 0 Å². The lowest BCUT2D eigenvalue weighted by molar-refractivity contribution is -0.870. The molecule has 71 heavy (non-hydrogen) atoms. The molecule has 0 aliphatic heterocycles. The number of phosphoric ester groups is 1. The van der Waals surface area contributed by atoms with Crippen molar-refractivity contribution in [1.82, 2.24) is 5.32 Å². The molecule has 0 saturated heterocycles. The Morgan fingerprint density at radius 3 is 1.24 bits per heavy atom. The van der Waals surface area contributed by atoms with E-state index < -0.39 is 26.6 Å². The maximum absolute atomic E-state index is 13.0. The van der Waals surface area contributed by atoms with Crippen molar-refractivity contribution in [2.45, 2.75) is 289 Å². The number of aliphatic hydroxyl groups excluding tert-OH is 1. The van der Waals surface area contributed by atoms with Crippen LogP contribution in [0.5, 0.6) is 0 Å². The molecule has 0 aliphatic carbocycles. The van der Waals surface area contributed by atoms with Gasteiger partial charge in [-0.05, 0) is 70.6 Å². The third-order valence-corrected chi connectivity index (χ3v) is 14.4. The predicted octanol–water partition coefficient (Wildman–Crippen LogP) is 17.9. The number of carbonyl (C=O) groups excluding carboxylic acids is 1. The average Bonchev–Trinajstić information content (AvgIpc) is 3.33. The zero-order valence-electron chi connectivity index (χ0n) is 47.4. The molecule has 0 rings (SSSR count). The fraction of sp³-hybridized carbons (Fsp3) is 0.823. The van der Waals surface area contributed by atoms with E-state index in [0.717, 1.165) is 51.4 Å². The smallest absolute Gasteiger partial charge is 0.268 e. The number of amides is 1. The Labute approximate surface area is 441 Å². The minimum Gasteiger partial charge on any atom is -0.756 e. The van der Waals surface area contributed by atoms with E-state index in [1.54, 1.807) is 6.08 Å². The lowest BCUT2D eigenvalue weighted by atomic mass is 10.0. The summed E-state index contributed by atoms with van der Waals surface area (Å²) in [6.45, 7) is 4.64. The highest BCUT2D eigenvalue weighted by molar-refractivity contribution is 7.45. The van der Waals surface area contributed by atoms with Gasteiger partial charge in [-0.1, -0.05) is 261 Å². The number of phosphoric acid groups is 1. The number of hydrogen-bond acceptors (Lipinski definition) is 6. The number of rotatable bonds is 55. The van der Waals surface area contributed by atoms with Crippen LogP contribution in [0, 0.1) is 0 Å². The summed E-state index contributed by atoms with van der Waals surface area (Å²) in [7, 11) is 1.25. The monoisotopic (exact) mass is 1020 g/mol. The second-order valence-corrected chi connectivity index (χ2v) is 23.1. The molecule has 0 radical (unpaired) electrons. The third kappa shape index (κ3) is 55.8. The fourth-order valence-corrected chi connectivity index (χ4v) is 9.43. The Kier molecular flexibility index (Phi) is 51.7. The molecule has 2 N–H and O–H groups in total. The molecular weight excluding hydrogens is 900 g/mol. The molecular formula is C62H117N2O6P. The maximum atomic E-state index is 13.0. The Bertz CT molecular complexity index is 1340. The van der Waals surface area contributed by atoms with Gasteiger partial charge in [0.15, 0.2) is 0 Å². The molecule has 3 atom stereocenters. The number of quaternary nitrogens is 1. The van der Waals surface area contributed by atoms with Crippen LogP contribution in [0.15, 0.2) is 60.8 Å². The van der Waals surface area contributed by atoms with Gasteiger partial charge in [0.05, 0.1) is 39.9 Å². The van der Waals surface area contributed by atoms with Crippen molar-refractivity contribution < 1.29 is 32.9 Å². The first-order valence-electron chi connectivity index (χ1n) is 30.2. The van der Waals surface area contributed by atoms with Crippen molar-refractivity contribution >= 4 is 13.7 Å². The van der Waals surface area contributed by atoms with Crippen LogP contribution in [0.3, 0.4) is 0 Å². The summed E-state index contributed by atoms with van der Waals surface area (Å²) >= 11 is 0. The molecule has 0 spiro atoms. The fourth-order valence-electron chi connectivity index (χ4n) is 8.71. The van der Waals surface area contributed by atoms with Crippen LogP contribution in [0.2, 0.25) is 0 Å². The quantitative estimate of drug-likeness (QED) is 0.0272. The van der Waals surface area contributed by atoms with E-state index in [9.17, 15) is 19.4 Å². The number of unbranched alkanes of at least 4 members (excludes halogenated alkanes) is 34. The number of likely N-dealkylation sites (N-methyl/N-ethyl adjacent to an activating group) is 1. The first-order valence-corrected chi connectivity index (χ1v) is 31.6. The highest BCUT2D eigenvalue weighted by Crippen LogP contribution is 2.38. The lowest BCUT2D eigenvalue weighted by Crippen LogP contribution is -2.45. The number of carbonyl (C=O) groups is 1. The number of aliphatic hydroxyl groups is 1. The van der Waals surface area contributed by atoms with Crippen molar-refractivity contribution in [3.05, 3.63) is 60.8 Å². The molecule has 1 amide bonds. The van der Waals surface area contributed by atoms with Crippen LogP contribution in [0.1, 0.15) is 277 Å². The summed E-state index contributed by atoms with van der Waals surface area (Å²) in [5.41, 5.74) is 0. The van der Waals surface area contributed by atoms with E-state index in [1.807, 2.05) is 27.2 Å². The van der Waals surface area contributed by atoms with Gasteiger partial charge < -0.3 is 28.8 Å². The molecule has 3 unspecified atom stereocenters. The van der Waals surface area contributed by atoms with E-state index in [1.165, 1.54) is 205 Å². The highest BCUT2D eigenvalue weighted by Gasteiger charge is 2.23. The molecule has 0 bridgehead atoms. The summed E-state index contributed by atoms with van der Waals surface area (Å²) in [5.74, 6) is -0.206. The van der Waals surface area contributed by atoms with Gasteiger partial charge in [0.2, 0.25) is 5.91 Å². The van der Waals surface area contributed by atoms with E-state index in [4.69, 9.17) is 9.05 Å². The van der Waals surface area contributed by atoms with Crippen LogP contribution < -0.4 is 10.2 Å². The number of nitrogens with one attached hydrogen (secondary N) is 1. The average molecular weight is 1020 g/mol. The van der Waals surface area contributed by atoms with E-state index >= 15 is 0 Å². The molecule has 0 heterocycles. The van der Waals surface area contributed by atoms with Crippen molar-refractivity contribution in [2.75, 3.05) is 40.9 Å². The summed E-state index contributed by atoms with van der Waals surface area (Å²) in [5, 5.41) is 13.9. The van der Waals surface area contributed by atoms with Crippen LogP contribution in [0.25, 0.3) is 0 Å². The van der Waals surface area contributed by atoms with Gasteiger partial charge in [0.25, 0.3) is 7.82 Å².